The average Bonchev–Trinajstić information content (AvgIpc) is 1.50. The number of rotatable bonds is 0. The first kappa shape index (κ1) is 29.9. The smallest absolute Gasteiger partial charge is 0.652 e. The number of carbonyl (C=O) groups excluding carboxylic acids is 2. The summed E-state index contributed by atoms with van der Waals surface area (Å²) in [5.41, 5.74) is 0. The van der Waals surface area contributed by atoms with Crippen molar-refractivity contribution in [1.82, 2.24) is 0 Å². The van der Waals surface area contributed by atoms with Crippen LogP contribution in [0.25, 0.3) is 0 Å². The Kier molecular flexibility index (Phi) is 35.5. The molecule has 0 bridgehead atoms. The Labute approximate surface area is 150 Å². The largest absolute Gasteiger partial charge is 2.00 e. The van der Waals surface area contributed by atoms with Gasteiger partial charge in [0.15, 0.2) is 0 Å². The standard InChI is InChI=1S/2CH2O3.Ca.H3O4P.Sr/c2*2-1(3)4;;1-5(2,3)4;/h2*(H2,2,3,4);;(H3,1,2,3,4);/q;;+2;;+2/p-4. The van der Waals surface area contributed by atoms with Gasteiger partial charge in [0, 0.05) is 0 Å². The zero-order valence-electron chi connectivity index (χ0n) is 7.06. The Morgan fingerprint density at radius 1 is 0.867 bits per heavy atom. The predicted molar refractivity (Wildman–Crippen MR) is 36.6 cm³/mol. The molecule has 15 heavy (non-hydrogen) atoms. The first-order chi connectivity index (χ1) is 5.46. The molecule has 13 heteroatoms. The minimum absolute atomic E-state index is 0. The van der Waals surface area contributed by atoms with Crippen LogP contribution < -0.4 is 20.4 Å². The zero-order chi connectivity index (χ0) is 11.7. The van der Waals surface area contributed by atoms with Gasteiger partial charge in [-0.15, -0.1) is 0 Å². The molecule has 10 nitrogen and oxygen atoms in total. The van der Waals surface area contributed by atoms with Crippen LogP contribution in [0.3, 0.4) is 0 Å². The van der Waals surface area contributed by atoms with Crippen LogP contribution in [-0.2, 0) is 4.57 Å². The van der Waals surface area contributed by atoms with Crippen molar-refractivity contribution in [2.45, 2.75) is 0 Å². The van der Waals surface area contributed by atoms with E-state index >= 15 is 0 Å². The maximum atomic E-state index is 8.88. The van der Waals surface area contributed by atoms with E-state index in [2.05, 4.69) is 0 Å². The summed E-state index contributed by atoms with van der Waals surface area (Å²) >= 11 is 0. The summed E-state index contributed by atoms with van der Waals surface area (Å²) in [6.07, 6.45) is -4.67. The van der Waals surface area contributed by atoms with E-state index in [1.165, 1.54) is 0 Å². The Morgan fingerprint density at radius 3 is 0.867 bits per heavy atom. The van der Waals surface area contributed by atoms with Gasteiger partial charge in [-0.05, 0) is 12.3 Å². The minimum atomic E-state index is -4.64. The third-order valence-electron chi connectivity index (χ3n) is 0. The van der Waals surface area contributed by atoms with Crippen LogP contribution in [0.4, 0.5) is 9.59 Å². The van der Waals surface area contributed by atoms with Gasteiger partial charge in [0.05, 0.1) is 0 Å². The van der Waals surface area contributed by atoms with Crippen LogP contribution in [0, 0.1) is 0 Å². The van der Waals surface area contributed by atoms with Crippen LogP contribution in [-0.4, -0.2) is 110 Å². The van der Waals surface area contributed by atoms with Gasteiger partial charge < -0.3 is 44.7 Å². The summed E-state index contributed by atoms with van der Waals surface area (Å²) in [6.45, 7) is 0. The Morgan fingerprint density at radius 2 is 0.867 bits per heavy atom. The number of carbonyl (C=O) groups is 2. The topological polar surface area (TPSA) is 204 Å². The first-order valence-corrected chi connectivity index (χ1v) is 3.57. The quantitative estimate of drug-likeness (QED) is 0.279. The van der Waals surface area contributed by atoms with E-state index in [4.69, 9.17) is 49.3 Å². The maximum absolute atomic E-state index is 8.88. The molecule has 0 spiro atoms. The fourth-order valence-electron chi connectivity index (χ4n) is 0. The maximum Gasteiger partial charge on any atom is 2.00 e. The number of phosphoric acid groups is 1. The fraction of sp³-hybridized carbons (Fsp3) is 0. The van der Waals surface area contributed by atoms with Crippen molar-refractivity contribution in [3.05, 3.63) is 0 Å². The first-order valence-electron chi connectivity index (χ1n) is 2.01. The molecule has 3 N–H and O–H groups in total. The molecule has 0 radical (unpaired) electrons. The van der Waals surface area contributed by atoms with E-state index in [0.717, 1.165) is 0 Å². The molecule has 0 saturated carbocycles. The molecule has 0 heterocycles. The number of carboxylic acid groups (broad SMARTS) is 4. The Bertz CT molecular complexity index is 171. The van der Waals surface area contributed by atoms with Gasteiger partial charge in [0.1, 0.15) is 0 Å². The van der Waals surface area contributed by atoms with Crippen LogP contribution in [0.2, 0.25) is 0 Å². The normalized spacial score (nSPS) is 7.13. The van der Waals surface area contributed by atoms with Crippen molar-refractivity contribution in [3.63, 3.8) is 0 Å². The van der Waals surface area contributed by atoms with Gasteiger partial charge in [-0.1, -0.05) is 0 Å². The zero-order valence-corrected chi connectivity index (χ0v) is 13.6. The van der Waals surface area contributed by atoms with Crippen molar-refractivity contribution in [2.75, 3.05) is 0 Å². The summed E-state index contributed by atoms with van der Waals surface area (Å²) in [6, 6.07) is 0. The molecule has 0 aromatic carbocycles. The van der Waals surface area contributed by atoms with E-state index in [1.54, 1.807) is 0 Å². The van der Waals surface area contributed by atoms with Crippen LogP contribution in [0.1, 0.15) is 0 Å². The molecule has 0 aromatic rings. The molecule has 0 rings (SSSR count). The summed E-state index contributed by atoms with van der Waals surface area (Å²) < 4.78 is 8.88. The second-order valence-electron chi connectivity index (χ2n) is 1.01. The molecular weight excluding hydrogens is 343 g/mol. The molecule has 0 atom stereocenters. The van der Waals surface area contributed by atoms with Gasteiger partial charge in [0.25, 0.3) is 0 Å². The summed E-state index contributed by atoms with van der Waals surface area (Å²) in [7, 11) is -4.64. The van der Waals surface area contributed by atoms with Gasteiger partial charge in [-0.2, -0.15) is 0 Å². The van der Waals surface area contributed by atoms with Crippen molar-refractivity contribution >= 4 is 103 Å². The van der Waals surface area contributed by atoms with Gasteiger partial charge in [-0.25, -0.2) is 4.57 Å². The summed E-state index contributed by atoms with van der Waals surface area (Å²) in [4.78, 5) is 38.2. The molecule has 0 aromatic heterocycles. The van der Waals surface area contributed by atoms with E-state index in [0.29, 0.717) is 0 Å². The van der Waals surface area contributed by atoms with E-state index in [1.807, 2.05) is 0 Å². The molecule has 0 aliphatic rings. The predicted octanol–water partition coefficient (Wildman–Crippen LogP) is -6.58. The summed E-state index contributed by atoms with van der Waals surface area (Å²) in [5.74, 6) is 0. The Hall–Kier alpha value is 1.39. The van der Waals surface area contributed by atoms with Crippen molar-refractivity contribution < 1.29 is 49.3 Å². The van der Waals surface area contributed by atoms with E-state index < -0.39 is 20.1 Å². The van der Waals surface area contributed by atoms with Crippen molar-refractivity contribution in [1.29, 1.82) is 0 Å². The van der Waals surface area contributed by atoms with E-state index in [9.17, 15) is 0 Å². The minimum Gasteiger partial charge on any atom is -0.652 e. The van der Waals surface area contributed by atoms with Crippen LogP contribution in [0.5, 0.6) is 0 Å². The molecule has 0 saturated heterocycles. The van der Waals surface area contributed by atoms with E-state index in [-0.39, 0.29) is 83.2 Å². The second-order valence-corrected chi connectivity index (χ2v) is 2.04. The van der Waals surface area contributed by atoms with Crippen LogP contribution >= 0.6 is 7.82 Å². The van der Waals surface area contributed by atoms with Crippen molar-refractivity contribution in [2.24, 2.45) is 0 Å². The monoisotopic (exact) mass is 346 g/mol. The third kappa shape index (κ3) is 1430. The third-order valence-corrected chi connectivity index (χ3v) is 0. The number of hydrogen-bond donors (Lipinski definition) is 3. The molecule has 0 fully saturated rings. The van der Waals surface area contributed by atoms with Gasteiger partial charge >= 0.3 is 91.0 Å². The molecule has 0 aliphatic heterocycles. The van der Waals surface area contributed by atoms with Gasteiger partial charge in [0.2, 0.25) is 0 Å². The molecule has 0 aliphatic carbocycles. The number of hydrogen-bond acceptors (Lipinski definition) is 7. The average molecular weight is 346 g/mol. The second kappa shape index (κ2) is 17.8. The van der Waals surface area contributed by atoms with Gasteiger partial charge in [-0.3, -0.25) is 0 Å². The van der Waals surface area contributed by atoms with Crippen LogP contribution in [0.15, 0.2) is 0 Å². The summed E-state index contributed by atoms with van der Waals surface area (Å²) in [5, 5.41) is 33.3. The SMILES string of the molecule is O=C([O-])[O-].O=C([O-])[O-].O=P(O)(O)O.[Ca+2].[Sr+2]. The molecule has 80 valence electrons. The fourth-order valence-corrected chi connectivity index (χ4v) is 0. The molecule has 0 amide bonds. The molecule has 0 unspecified atom stereocenters. The molecular formula is C2H3CaO10PSr. The Balaban J connectivity index is -0.0000000315. The van der Waals surface area contributed by atoms with Crippen molar-refractivity contribution in [3.8, 4) is 0 Å².